The van der Waals surface area contributed by atoms with Crippen molar-refractivity contribution in [2.24, 2.45) is 0 Å². The van der Waals surface area contributed by atoms with Gasteiger partial charge in [-0.3, -0.25) is 9.78 Å². The summed E-state index contributed by atoms with van der Waals surface area (Å²) in [7, 11) is -3.92. The van der Waals surface area contributed by atoms with Gasteiger partial charge in [0.2, 0.25) is 0 Å². The number of nitrogens with one attached hydrogen (secondary N) is 1. The number of sulfonamides is 1. The maximum absolute atomic E-state index is 12.1. The molecular formula is C16H15ClN2O3S. The van der Waals surface area contributed by atoms with Gasteiger partial charge in [0.05, 0.1) is 11.1 Å². The molecule has 0 unspecified atom stereocenters. The summed E-state index contributed by atoms with van der Waals surface area (Å²) in [6, 6.07) is 9.85. The van der Waals surface area contributed by atoms with Crippen molar-refractivity contribution in [3.63, 3.8) is 0 Å². The zero-order valence-corrected chi connectivity index (χ0v) is 14.1. The van der Waals surface area contributed by atoms with Crippen molar-refractivity contribution < 1.29 is 13.2 Å². The molecule has 23 heavy (non-hydrogen) atoms. The lowest BCUT2D eigenvalue weighted by molar-refractivity contribution is 0.0981. The van der Waals surface area contributed by atoms with Crippen LogP contribution in [0.3, 0.4) is 0 Å². The molecule has 1 N–H and O–H groups in total. The summed E-state index contributed by atoms with van der Waals surface area (Å²) in [4.78, 5) is 16.2. The molecule has 0 saturated heterocycles. The highest BCUT2D eigenvalue weighted by Gasteiger charge is 2.15. The van der Waals surface area contributed by atoms with Crippen molar-refractivity contribution in [2.45, 2.75) is 13.8 Å². The number of hydrogen-bond acceptors (Lipinski definition) is 4. The molecule has 7 heteroatoms. The lowest BCUT2D eigenvalue weighted by Crippen LogP contribution is -2.29. The van der Waals surface area contributed by atoms with Gasteiger partial charge in [-0.2, -0.15) is 0 Å². The SMILES string of the molecule is Cc1cccc(/C=C/S(=O)(=O)NC(=O)c2ccc(Cl)cc2C)n1. The first-order chi connectivity index (χ1) is 10.8. The second-order valence-electron chi connectivity index (χ2n) is 4.94. The number of aryl methyl sites for hydroxylation is 2. The summed E-state index contributed by atoms with van der Waals surface area (Å²) in [5, 5.41) is 1.39. The summed E-state index contributed by atoms with van der Waals surface area (Å²) in [5.74, 6) is -0.707. The highest BCUT2D eigenvalue weighted by atomic mass is 35.5. The third kappa shape index (κ3) is 4.91. The first-order valence-electron chi connectivity index (χ1n) is 6.72. The van der Waals surface area contributed by atoms with Gasteiger partial charge in [0, 0.05) is 16.3 Å². The standard InChI is InChI=1S/C16H15ClN2O3S/c1-11-10-13(17)6-7-15(11)16(20)19-23(21,22)9-8-14-5-3-4-12(2)18-14/h3-10H,1-2H3,(H,19,20)/b9-8+. The number of amides is 1. The molecule has 0 fully saturated rings. The zero-order valence-electron chi connectivity index (χ0n) is 12.6. The molecule has 0 aliphatic heterocycles. The third-order valence-corrected chi connectivity index (χ3v) is 4.20. The highest BCUT2D eigenvalue weighted by Crippen LogP contribution is 2.15. The Kier molecular flexibility index (Phi) is 5.18. The minimum atomic E-state index is -3.92. The number of rotatable bonds is 4. The molecule has 2 rings (SSSR count). The summed E-state index contributed by atoms with van der Waals surface area (Å²) >= 11 is 5.82. The number of carbonyl (C=O) groups is 1. The molecule has 1 aromatic carbocycles. The van der Waals surface area contributed by atoms with Crippen LogP contribution in [0.5, 0.6) is 0 Å². The van der Waals surface area contributed by atoms with Crippen molar-refractivity contribution in [3.05, 3.63) is 69.3 Å². The molecule has 0 atom stereocenters. The highest BCUT2D eigenvalue weighted by molar-refractivity contribution is 7.93. The van der Waals surface area contributed by atoms with Crippen LogP contribution < -0.4 is 4.72 Å². The molecule has 0 bridgehead atoms. The molecule has 0 radical (unpaired) electrons. The molecular weight excluding hydrogens is 336 g/mol. The molecule has 1 amide bonds. The third-order valence-electron chi connectivity index (χ3n) is 3.00. The van der Waals surface area contributed by atoms with Gasteiger partial charge in [-0.25, -0.2) is 13.1 Å². The summed E-state index contributed by atoms with van der Waals surface area (Å²) < 4.78 is 25.9. The van der Waals surface area contributed by atoms with E-state index in [0.29, 0.717) is 16.3 Å². The minimum absolute atomic E-state index is 0.250. The summed E-state index contributed by atoms with van der Waals surface area (Å²) in [6.07, 6.45) is 1.33. The minimum Gasteiger partial charge on any atom is -0.268 e. The van der Waals surface area contributed by atoms with Gasteiger partial charge in [0.25, 0.3) is 15.9 Å². The van der Waals surface area contributed by atoms with Crippen LogP contribution in [0, 0.1) is 13.8 Å². The predicted octanol–water partition coefficient (Wildman–Crippen LogP) is 3.08. The zero-order chi connectivity index (χ0) is 17.0. The van der Waals surface area contributed by atoms with Crippen LogP contribution in [-0.4, -0.2) is 19.3 Å². The van der Waals surface area contributed by atoms with E-state index in [1.165, 1.54) is 18.2 Å². The van der Waals surface area contributed by atoms with Crippen LogP contribution >= 0.6 is 11.6 Å². The van der Waals surface area contributed by atoms with Crippen LogP contribution in [0.2, 0.25) is 5.02 Å². The van der Waals surface area contributed by atoms with Crippen LogP contribution in [-0.2, 0) is 10.0 Å². The van der Waals surface area contributed by atoms with Crippen LogP contribution in [0.15, 0.2) is 41.8 Å². The lowest BCUT2D eigenvalue weighted by atomic mass is 10.1. The number of aromatic nitrogens is 1. The largest absolute Gasteiger partial charge is 0.268 e. The Balaban J connectivity index is 2.16. The van der Waals surface area contributed by atoms with Crippen molar-refractivity contribution in [1.29, 1.82) is 0 Å². The number of benzene rings is 1. The van der Waals surface area contributed by atoms with Gasteiger partial charge in [0.1, 0.15) is 0 Å². The Hall–Kier alpha value is -2.18. The van der Waals surface area contributed by atoms with Gasteiger partial charge in [-0.1, -0.05) is 17.7 Å². The van der Waals surface area contributed by atoms with Crippen LogP contribution in [0.1, 0.15) is 27.3 Å². The Bertz CT molecular complexity index is 877. The van der Waals surface area contributed by atoms with E-state index in [4.69, 9.17) is 11.6 Å². The van der Waals surface area contributed by atoms with E-state index >= 15 is 0 Å². The Morgan fingerprint density at radius 3 is 2.61 bits per heavy atom. The molecule has 5 nitrogen and oxygen atoms in total. The molecule has 0 aliphatic carbocycles. The van der Waals surface area contributed by atoms with E-state index in [0.717, 1.165) is 11.1 Å². The molecule has 120 valence electrons. The van der Waals surface area contributed by atoms with Crippen molar-refractivity contribution >= 4 is 33.6 Å². The van der Waals surface area contributed by atoms with Gasteiger partial charge in [-0.05, 0) is 55.8 Å². The Morgan fingerprint density at radius 2 is 1.96 bits per heavy atom. The molecule has 2 aromatic rings. The van der Waals surface area contributed by atoms with Crippen LogP contribution in [0.4, 0.5) is 0 Å². The average molecular weight is 351 g/mol. The lowest BCUT2D eigenvalue weighted by Gasteiger charge is -2.06. The normalized spacial score (nSPS) is 11.6. The van der Waals surface area contributed by atoms with E-state index in [-0.39, 0.29) is 5.56 Å². The van der Waals surface area contributed by atoms with Gasteiger partial charge in [0.15, 0.2) is 0 Å². The number of nitrogens with zero attached hydrogens (tertiary/aromatic N) is 1. The van der Waals surface area contributed by atoms with Gasteiger partial charge >= 0.3 is 0 Å². The van der Waals surface area contributed by atoms with Crippen molar-refractivity contribution in [3.8, 4) is 0 Å². The second kappa shape index (κ2) is 6.93. The molecule has 0 aliphatic rings. The maximum atomic E-state index is 12.1. The molecule has 1 aromatic heterocycles. The van der Waals surface area contributed by atoms with E-state index in [2.05, 4.69) is 4.98 Å². The fourth-order valence-electron chi connectivity index (χ4n) is 1.92. The van der Waals surface area contributed by atoms with Gasteiger partial charge < -0.3 is 0 Å². The predicted molar refractivity (Wildman–Crippen MR) is 90.6 cm³/mol. The number of hydrogen-bond donors (Lipinski definition) is 1. The molecule has 0 saturated carbocycles. The van der Waals surface area contributed by atoms with E-state index in [9.17, 15) is 13.2 Å². The van der Waals surface area contributed by atoms with Crippen molar-refractivity contribution in [1.82, 2.24) is 9.71 Å². The van der Waals surface area contributed by atoms with Crippen molar-refractivity contribution in [2.75, 3.05) is 0 Å². The number of halogens is 1. The second-order valence-corrected chi connectivity index (χ2v) is 6.94. The maximum Gasteiger partial charge on any atom is 0.265 e. The first kappa shape index (κ1) is 17.2. The molecule has 0 spiro atoms. The van der Waals surface area contributed by atoms with E-state index in [1.807, 2.05) is 4.72 Å². The van der Waals surface area contributed by atoms with E-state index < -0.39 is 15.9 Å². The molecule has 1 heterocycles. The smallest absolute Gasteiger partial charge is 0.265 e. The number of carbonyl (C=O) groups excluding carboxylic acids is 1. The van der Waals surface area contributed by atoms with Gasteiger partial charge in [-0.15, -0.1) is 0 Å². The fourth-order valence-corrected chi connectivity index (χ4v) is 2.90. The van der Waals surface area contributed by atoms with E-state index in [1.54, 1.807) is 38.1 Å². The summed E-state index contributed by atoms with van der Waals surface area (Å²) in [5.41, 5.74) is 2.10. The Morgan fingerprint density at radius 1 is 1.22 bits per heavy atom. The monoisotopic (exact) mass is 350 g/mol. The Labute approximate surface area is 140 Å². The first-order valence-corrected chi connectivity index (χ1v) is 8.64. The average Bonchev–Trinajstić information content (AvgIpc) is 2.44. The number of pyridine rings is 1. The summed E-state index contributed by atoms with van der Waals surface area (Å²) in [6.45, 7) is 3.48. The fraction of sp³-hybridized carbons (Fsp3) is 0.125. The topological polar surface area (TPSA) is 76.1 Å². The quantitative estimate of drug-likeness (QED) is 0.919. The van der Waals surface area contributed by atoms with Crippen LogP contribution in [0.25, 0.3) is 6.08 Å².